The second kappa shape index (κ2) is 9.16. The van der Waals surface area contributed by atoms with E-state index in [1.807, 2.05) is 32.2 Å². The number of benzene rings is 1. The normalized spacial score (nSPS) is 17.7. The highest BCUT2D eigenvalue weighted by Crippen LogP contribution is 2.34. The standard InChI is InChI=1S/C24H31N3O3/c1-16-8-9-21(17(2)12-16)30-15-18(28)13-27(3)14-20-19-6-4-10-25-24(19)26-23(20)22-7-5-11-29-22/h4,6,8-10,12,18,22,28H,5,7,11,13-15H2,1-3H3,(H,25,26)/t18-,22+/m1/s1. The van der Waals surface area contributed by atoms with Gasteiger partial charge in [-0.3, -0.25) is 4.90 Å². The molecule has 2 atom stereocenters. The number of aryl methyl sites for hydroxylation is 2. The van der Waals surface area contributed by atoms with E-state index in [0.29, 0.717) is 13.1 Å². The zero-order chi connectivity index (χ0) is 21.1. The molecule has 1 saturated heterocycles. The number of fused-ring (bicyclic) bond motifs is 1. The van der Waals surface area contributed by atoms with Crippen molar-refractivity contribution in [3.63, 3.8) is 0 Å². The van der Waals surface area contributed by atoms with Gasteiger partial charge in [0.15, 0.2) is 0 Å². The maximum Gasteiger partial charge on any atom is 0.137 e. The molecule has 30 heavy (non-hydrogen) atoms. The van der Waals surface area contributed by atoms with Crippen LogP contribution in [-0.2, 0) is 11.3 Å². The fourth-order valence-corrected chi connectivity index (χ4v) is 4.24. The van der Waals surface area contributed by atoms with Gasteiger partial charge in [0.05, 0.1) is 11.8 Å². The minimum absolute atomic E-state index is 0.0976. The van der Waals surface area contributed by atoms with Crippen molar-refractivity contribution in [3.05, 3.63) is 58.9 Å². The Labute approximate surface area is 177 Å². The molecular formula is C24H31N3O3. The third-order valence-electron chi connectivity index (χ3n) is 5.67. The number of aromatic nitrogens is 2. The average molecular weight is 410 g/mol. The summed E-state index contributed by atoms with van der Waals surface area (Å²) in [7, 11) is 2.02. The fourth-order valence-electron chi connectivity index (χ4n) is 4.24. The number of aliphatic hydroxyl groups is 1. The summed E-state index contributed by atoms with van der Waals surface area (Å²) in [5.41, 5.74) is 5.51. The molecule has 1 aliphatic rings. The van der Waals surface area contributed by atoms with Crippen LogP contribution in [0.2, 0.25) is 0 Å². The Hall–Kier alpha value is -2.41. The largest absolute Gasteiger partial charge is 0.491 e. The molecular weight excluding hydrogens is 378 g/mol. The quantitative estimate of drug-likeness (QED) is 0.590. The highest BCUT2D eigenvalue weighted by atomic mass is 16.5. The second-order valence-electron chi connectivity index (χ2n) is 8.35. The third-order valence-corrected chi connectivity index (χ3v) is 5.67. The summed E-state index contributed by atoms with van der Waals surface area (Å²) < 4.78 is 11.8. The Kier molecular flexibility index (Phi) is 6.37. The SMILES string of the molecule is Cc1ccc(OC[C@H](O)CN(C)Cc2c([C@@H]3CCCO3)[nH]c3ncccc23)c(C)c1. The van der Waals surface area contributed by atoms with Gasteiger partial charge in [0.1, 0.15) is 24.1 Å². The van der Waals surface area contributed by atoms with Gasteiger partial charge in [-0.05, 0) is 63.1 Å². The Balaban J connectivity index is 1.41. The van der Waals surface area contributed by atoms with E-state index < -0.39 is 6.10 Å². The maximum atomic E-state index is 10.5. The number of aliphatic hydroxyl groups excluding tert-OH is 1. The maximum absolute atomic E-state index is 10.5. The molecule has 2 aromatic heterocycles. The highest BCUT2D eigenvalue weighted by molar-refractivity contribution is 5.81. The first kappa shape index (κ1) is 20.8. The molecule has 6 heteroatoms. The van der Waals surface area contributed by atoms with Crippen LogP contribution in [0.1, 0.15) is 41.3 Å². The number of hydrogen-bond donors (Lipinski definition) is 2. The van der Waals surface area contributed by atoms with Crippen molar-refractivity contribution in [2.75, 3.05) is 26.8 Å². The van der Waals surface area contributed by atoms with Crippen LogP contribution < -0.4 is 4.74 Å². The third kappa shape index (κ3) is 4.67. The molecule has 0 spiro atoms. The molecule has 0 bridgehead atoms. The fraction of sp³-hybridized carbons (Fsp3) is 0.458. The topological polar surface area (TPSA) is 70.6 Å². The molecule has 0 saturated carbocycles. The molecule has 0 radical (unpaired) electrons. The van der Waals surface area contributed by atoms with Gasteiger partial charge in [-0.2, -0.15) is 0 Å². The molecule has 0 unspecified atom stereocenters. The van der Waals surface area contributed by atoms with Crippen molar-refractivity contribution in [2.24, 2.45) is 0 Å². The van der Waals surface area contributed by atoms with Crippen LogP contribution >= 0.6 is 0 Å². The second-order valence-corrected chi connectivity index (χ2v) is 8.35. The van der Waals surface area contributed by atoms with Crippen molar-refractivity contribution in [2.45, 2.75) is 45.4 Å². The first-order valence-corrected chi connectivity index (χ1v) is 10.6. The van der Waals surface area contributed by atoms with E-state index in [0.717, 1.165) is 47.5 Å². The summed E-state index contributed by atoms with van der Waals surface area (Å²) in [5.74, 6) is 0.825. The van der Waals surface area contributed by atoms with Crippen molar-refractivity contribution in [1.29, 1.82) is 0 Å². The van der Waals surface area contributed by atoms with Gasteiger partial charge in [0, 0.05) is 31.3 Å². The lowest BCUT2D eigenvalue weighted by Gasteiger charge is -2.22. The zero-order valence-electron chi connectivity index (χ0n) is 18.0. The van der Waals surface area contributed by atoms with Crippen LogP contribution in [0.4, 0.5) is 0 Å². The molecule has 1 aliphatic heterocycles. The summed E-state index contributed by atoms with van der Waals surface area (Å²) >= 11 is 0. The van der Waals surface area contributed by atoms with Crippen LogP contribution in [0.25, 0.3) is 11.0 Å². The zero-order valence-corrected chi connectivity index (χ0v) is 18.0. The molecule has 0 amide bonds. The minimum atomic E-state index is -0.579. The van der Waals surface area contributed by atoms with Crippen LogP contribution in [-0.4, -0.2) is 52.9 Å². The van der Waals surface area contributed by atoms with Gasteiger partial charge in [0.2, 0.25) is 0 Å². The summed E-state index contributed by atoms with van der Waals surface area (Å²) in [6, 6.07) is 10.1. The molecule has 4 rings (SSSR count). The summed E-state index contributed by atoms with van der Waals surface area (Å²) in [6.07, 6.45) is 3.43. The number of hydrogen-bond acceptors (Lipinski definition) is 5. The van der Waals surface area contributed by atoms with Crippen molar-refractivity contribution >= 4 is 11.0 Å². The Morgan fingerprint density at radius 1 is 1.33 bits per heavy atom. The monoisotopic (exact) mass is 409 g/mol. The van der Waals surface area contributed by atoms with Gasteiger partial charge >= 0.3 is 0 Å². The summed E-state index contributed by atoms with van der Waals surface area (Å²) in [6.45, 7) is 6.38. The van der Waals surface area contributed by atoms with Gasteiger partial charge in [0.25, 0.3) is 0 Å². The predicted octanol–water partition coefficient (Wildman–Crippen LogP) is 3.90. The van der Waals surface area contributed by atoms with Gasteiger partial charge in [-0.1, -0.05) is 17.7 Å². The minimum Gasteiger partial charge on any atom is -0.491 e. The average Bonchev–Trinajstić information content (AvgIpc) is 3.35. The van der Waals surface area contributed by atoms with Gasteiger partial charge in [-0.15, -0.1) is 0 Å². The first-order chi connectivity index (χ1) is 14.5. The van der Waals surface area contributed by atoms with Crippen molar-refractivity contribution in [1.82, 2.24) is 14.9 Å². The molecule has 3 aromatic rings. The summed E-state index contributed by atoms with van der Waals surface area (Å²) in [5, 5.41) is 11.7. The van der Waals surface area contributed by atoms with Gasteiger partial charge in [-0.25, -0.2) is 4.98 Å². The molecule has 1 aromatic carbocycles. The lowest BCUT2D eigenvalue weighted by Crippen LogP contribution is -2.33. The highest BCUT2D eigenvalue weighted by Gasteiger charge is 2.25. The van der Waals surface area contributed by atoms with Gasteiger partial charge < -0.3 is 19.6 Å². The lowest BCUT2D eigenvalue weighted by molar-refractivity contribution is 0.0733. The van der Waals surface area contributed by atoms with E-state index in [4.69, 9.17) is 9.47 Å². The van der Waals surface area contributed by atoms with E-state index in [2.05, 4.69) is 33.9 Å². The van der Waals surface area contributed by atoms with E-state index in [9.17, 15) is 5.11 Å². The van der Waals surface area contributed by atoms with Crippen LogP contribution in [0.3, 0.4) is 0 Å². The van der Waals surface area contributed by atoms with E-state index in [1.165, 1.54) is 11.1 Å². The summed E-state index contributed by atoms with van der Waals surface area (Å²) in [4.78, 5) is 10.1. The number of pyridine rings is 1. The number of nitrogens with zero attached hydrogens (tertiary/aromatic N) is 2. The molecule has 2 N–H and O–H groups in total. The molecule has 6 nitrogen and oxygen atoms in total. The Morgan fingerprint density at radius 2 is 2.20 bits per heavy atom. The van der Waals surface area contributed by atoms with E-state index >= 15 is 0 Å². The molecule has 160 valence electrons. The van der Waals surface area contributed by atoms with Crippen molar-refractivity contribution < 1.29 is 14.6 Å². The van der Waals surface area contributed by atoms with E-state index in [1.54, 1.807) is 6.20 Å². The number of likely N-dealkylation sites (N-methyl/N-ethyl adjacent to an activating group) is 1. The number of H-pyrrole nitrogens is 1. The number of nitrogens with one attached hydrogen (secondary N) is 1. The number of ether oxygens (including phenoxy) is 2. The lowest BCUT2D eigenvalue weighted by atomic mass is 10.1. The molecule has 0 aliphatic carbocycles. The smallest absolute Gasteiger partial charge is 0.137 e. The molecule has 3 heterocycles. The number of rotatable bonds is 8. The predicted molar refractivity (Wildman–Crippen MR) is 118 cm³/mol. The van der Waals surface area contributed by atoms with E-state index in [-0.39, 0.29) is 12.7 Å². The Morgan fingerprint density at radius 3 is 2.97 bits per heavy atom. The molecule has 1 fully saturated rings. The van der Waals surface area contributed by atoms with Crippen LogP contribution in [0, 0.1) is 13.8 Å². The number of aromatic amines is 1. The van der Waals surface area contributed by atoms with Crippen LogP contribution in [0.5, 0.6) is 5.75 Å². The first-order valence-electron chi connectivity index (χ1n) is 10.6. The van der Waals surface area contributed by atoms with Crippen LogP contribution in [0.15, 0.2) is 36.5 Å². The Bertz CT molecular complexity index is 995. The van der Waals surface area contributed by atoms with Crippen molar-refractivity contribution in [3.8, 4) is 5.75 Å².